The topological polar surface area (TPSA) is 95.1 Å². The van der Waals surface area contributed by atoms with E-state index in [4.69, 9.17) is 16.6 Å². The molecule has 0 bridgehead atoms. The molecule has 3 heterocycles. The lowest BCUT2D eigenvalue weighted by Crippen LogP contribution is -2.43. The van der Waals surface area contributed by atoms with Crippen LogP contribution in [0.15, 0.2) is 73.2 Å². The molecule has 0 atom stereocenters. The number of anilines is 3. The first-order valence-corrected chi connectivity index (χ1v) is 14.1. The maximum atomic E-state index is 12.5. The first-order chi connectivity index (χ1) is 19.5. The number of rotatable bonds is 10. The number of unbranched alkanes of at least 4 members (excludes halogenated alkanes) is 1. The molecule has 2 aromatic carbocycles. The van der Waals surface area contributed by atoms with Gasteiger partial charge in [0.05, 0.1) is 40.7 Å². The van der Waals surface area contributed by atoms with E-state index in [1.165, 1.54) is 5.56 Å². The number of amides is 1. The third-order valence-corrected chi connectivity index (χ3v) is 7.12. The van der Waals surface area contributed by atoms with Crippen molar-refractivity contribution in [1.82, 2.24) is 25.2 Å². The van der Waals surface area contributed by atoms with Crippen LogP contribution in [0.2, 0.25) is 5.02 Å². The number of aryl methyl sites for hydroxylation is 1. The molecule has 5 rings (SSSR count). The summed E-state index contributed by atoms with van der Waals surface area (Å²) < 4.78 is 0. The molecular formula is C31H34ClN7O. The molecule has 4 aromatic rings. The van der Waals surface area contributed by atoms with E-state index in [1.54, 1.807) is 18.6 Å². The van der Waals surface area contributed by atoms with Crippen LogP contribution in [-0.4, -0.2) is 58.5 Å². The highest BCUT2D eigenvalue weighted by molar-refractivity contribution is 6.32. The van der Waals surface area contributed by atoms with Gasteiger partial charge in [-0.2, -0.15) is 0 Å². The van der Waals surface area contributed by atoms with E-state index < -0.39 is 0 Å². The van der Waals surface area contributed by atoms with Gasteiger partial charge < -0.3 is 20.9 Å². The zero-order chi connectivity index (χ0) is 27.7. The van der Waals surface area contributed by atoms with Crippen molar-refractivity contribution in [1.29, 1.82) is 0 Å². The minimum absolute atomic E-state index is 0.0159. The quantitative estimate of drug-likeness (QED) is 0.209. The maximum Gasteiger partial charge on any atom is 0.227 e. The summed E-state index contributed by atoms with van der Waals surface area (Å²) in [5, 5.41) is 9.97. The van der Waals surface area contributed by atoms with Crippen LogP contribution in [0.5, 0.6) is 0 Å². The van der Waals surface area contributed by atoms with Gasteiger partial charge in [0, 0.05) is 38.2 Å². The highest BCUT2D eigenvalue weighted by Gasteiger charge is 2.12. The Morgan fingerprint density at radius 1 is 0.950 bits per heavy atom. The summed E-state index contributed by atoms with van der Waals surface area (Å²) in [6.07, 6.45) is 7.24. The molecule has 9 heteroatoms. The summed E-state index contributed by atoms with van der Waals surface area (Å²) in [7, 11) is 0. The highest BCUT2D eigenvalue weighted by Crippen LogP contribution is 2.31. The summed E-state index contributed by atoms with van der Waals surface area (Å²) in [6.45, 7) is 7.36. The molecule has 0 radical (unpaired) electrons. The number of carbonyl (C=O) groups is 1. The lowest BCUT2D eigenvalue weighted by molar-refractivity contribution is -0.116. The Kier molecular flexibility index (Phi) is 9.34. The molecular weight excluding hydrogens is 522 g/mol. The summed E-state index contributed by atoms with van der Waals surface area (Å²) in [6, 6.07) is 18.3. The van der Waals surface area contributed by atoms with Gasteiger partial charge in [0.15, 0.2) is 0 Å². The van der Waals surface area contributed by atoms with Gasteiger partial charge in [-0.25, -0.2) is 9.97 Å². The largest absolute Gasteiger partial charge is 0.325 e. The predicted octanol–water partition coefficient (Wildman–Crippen LogP) is 5.93. The summed E-state index contributed by atoms with van der Waals surface area (Å²) in [5.74, 6) is 0.372. The van der Waals surface area contributed by atoms with Crippen LogP contribution >= 0.6 is 11.6 Å². The standard InChI is InChI=1S/C31H34ClN7O/c1-22-6-4-7-23(16-22)24-8-5-9-25(17-24)30-28(32)21-35-31(38-30)37-27-18-26(19-34-20-27)36-29(40)10-2-3-13-39-14-11-33-12-15-39/h4-9,16-21,33H,2-3,10-15H2,1H3,(H,36,40)(H,35,37,38). The van der Waals surface area contributed by atoms with Crippen molar-refractivity contribution < 1.29 is 4.79 Å². The Morgan fingerprint density at radius 2 is 1.70 bits per heavy atom. The lowest BCUT2D eigenvalue weighted by atomic mass is 10.0. The average Bonchev–Trinajstić information content (AvgIpc) is 2.97. The third kappa shape index (κ3) is 7.63. The molecule has 0 aliphatic carbocycles. The zero-order valence-electron chi connectivity index (χ0n) is 22.7. The first kappa shape index (κ1) is 27.7. The molecule has 3 N–H and O–H groups in total. The molecule has 1 fully saturated rings. The Balaban J connectivity index is 1.21. The fraction of sp³-hybridized carbons (Fsp3) is 0.290. The minimum atomic E-state index is -0.0159. The second-order valence-electron chi connectivity index (χ2n) is 10.0. The van der Waals surface area contributed by atoms with Crippen LogP contribution in [0, 0.1) is 6.92 Å². The van der Waals surface area contributed by atoms with Crippen molar-refractivity contribution in [2.45, 2.75) is 26.2 Å². The van der Waals surface area contributed by atoms with Gasteiger partial charge in [-0.1, -0.05) is 59.6 Å². The molecule has 206 valence electrons. The second-order valence-corrected chi connectivity index (χ2v) is 10.4. The van der Waals surface area contributed by atoms with Crippen LogP contribution in [0.3, 0.4) is 0 Å². The monoisotopic (exact) mass is 555 g/mol. The summed E-state index contributed by atoms with van der Waals surface area (Å²) >= 11 is 6.52. The number of nitrogens with one attached hydrogen (secondary N) is 3. The zero-order valence-corrected chi connectivity index (χ0v) is 23.4. The van der Waals surface area contributed by atoms with Crippen LogP contribution in [-0.2, 0) is 4.79 Å². The lowest BCUT2D eigenvalue weighted by Gasteiger charge is -2.26. The van der Waals surface area contributed by atoms with E-state index in [0.29, 0.717) is 34.5 Å². The molecule has 1 amide bonds. The molecule has 2 aromatic heterocycles. The Labute approximate surface area is 240 Å². The fourth-order valence-corrected chi connectivity index (χ4v) is 4.99. The molecule has 0 spiro atoms. The Bertz CT molecular complexity index is 1460. The molecule has 0 saturated carbocycles. The van der Waals surface area contributed by atoms with E-state index in [1.807, 2.05) is 18.2 Å². The smallest absolute Gasteiger partial charge is 0.227 e. The number of piperazine rings is 1. The minimum Gasteiger partial charge on any atom is -0.325 e. The number of pyridine rings is 1. The molecule has 1 aliphatic rings. The van der Waals surface area contributed by atoms with Gasteiger partial charge in [0.25, 0.3) is 0 Å². The van der Waals surface area contributed by atoms with E-state index in [-0.39, 0.29) is 5.91 Å². The van der Waals surface area contributed by atoms with Gasteiger partial charge >= 0.3 is 0 Å². The van der Waals surface area contributed by atoms with E-state index in [0.717, 1.165) is 62.3 Å². The number of halogens is 1. The van der Waals surface area contributed by atoms with Crippen LogP contribution < -0.4 is 16.0 Å². The third-order valence-electron chi connectivity index (χ3n) is 6.85. The van der Waals surface area contributed by atoms with Crippen molar-refractivity contribution in [3.05, 3.63) is 83.8 Å². The first-order valence-electron chi connectivity index (χ1n) is 13.7. The van der Waals surface area contributed by atoms with E-state index in [2.05, 4.69) is 74.1 Å². The van der Waals surface area contributed by atoms with Crippen molar-refractivity contribution in [2.24, 2.45) is 0 Å². The van der Waals surface area contributed by atoms with Crippen molar-refractivity contribution >= 4 is 34.8 Å². The molecule has 1 aliphatic heterocycles. The molecule has 1 saturated heterocycles. The summed E-state index contributed by atoms with van der Waals surface area (Å²) in [4.78, 5) is 28.3. The molecule has 0 unspecified atom stereocenters. The number of benzene rings is 2. The number of nitrogens with zero attached hydrogens (tertiary/aromatic N) is 4. The SMILES string of the molecule is Cc1cccc(-c2cccc(-c3nc(Nc4cncc(NC(=O)CCCCN5CCNCC5)c4)ncc3Cl)c2)c1. The predicted molar refractivity (Wildman–Crippen MR) is 162 cm³/mol. The van der Waals surface area contributed by atoms with E-state index >= 15 is 0 Å². The van der Waals surface area contributed by atoms with Crippen molar-refractivity contribution in [3.8, 4) is 22.4 Å². The fourth-order valence-electron chi connectivity index (χ4n) is 4.79. The van der Waals surface area contributed by atoms with Gasteiger partial charge in [0.1, 0.15) is 0 Å². The van der Waals surface area contributed by atoms with Crippen LogP contribution in [0.1, 0.15) is 24.8 Å². The Morgan fingerprint density at radius 3 is 2.52 bits per heavy atom. The average molecular weight is 556 g/mol. The van der Waals surface area contributed by atoms with Gasteiger partial charge in [-0.3, -0.25) is 9.78 Å². The number of hydrogen-bond donors (Lipinski definition) is 3. The Hall–Kier alpha value is -3.85. The number of hydrogen-bond acceptors (Lipinski definition) is 7. The maximum absolute atomic E-state index is 12.5. The van der Waals surface area contributed by atoms with Crippen molar-refractivity contribution in [3.63, 3.8) is 0 Å². The number of carbonyl (C=O) groups excluding carboxylic acids is 1. The second kappa shape index (κ2) is 13.5. The van der Waals surface area contributed by atoms with Crippen LogP contribution in [0.4, 0.5) is 17.3 Å². The molecule has 8 nitrogen and oxygen atoms in total. The molecule has 40 heavy (non-hydrogen) atoms. The van der Waals surface area contributed by atoms with Gasteiger partial charge in [0.2, 0.25) is 11.9 Å². The van der Waals surface area contributed by atoms with Gasteiger partial charge in [-0.05, 0) is 49.6 Å². The van der Waals surface area contributed by atoms with Crippen LogP contribution in [0.25, 0.3) is 22.4 Å². The van der Waals surface area contributed by atoms with Crippen molar-refractivity contribution in [2.75, 3.05) is 43.4 Å². The van der Waals surface area contributed by atoms with Gasteiger partial charge in [-0.15, -0.1) is 0 Å². The van der Waals surface area contributed by atoms with E-state index in [9.17, 15) is 4.79 Å². The number of aromatic nitrogens is 3. The highest BCUT2D eigenvalue weighted by atomic mass is 35.5. The normalized spacial score (nSPS) is 13.7. The summed E-state index contributed by atoms with van der Waals surface area (Å²) in [5.41, 5.74) is 6.23.